The summed E-state index contributed by atoms with van der Waals surface area (Å²) in [6.07, 6.45) is 0. The highest BCUT2D eigenvalue weighted by atomic mass is 19.1. The lowest BCUT2D eigenvalue weighted by Gasteiger charge is -2.23. The summed E-state index contributed by atoms with van der Waals surface area (Å²) in [4.78, 5) is 15.9. The molecule has 0 aromatic heterocycles. The van der Waals surface area contributed by atoms with Gasteiger partial charge in [-0.15, -0.1) is 0 Å². The van der Waals surface area contributed by atoms with E-state index in [1.807, 2.05) is 0 Å². The Labute approximate surface area is 128 Å². The lowest BCUT2D eigenvalue weighted by molar-refractivity contribution is -0.248. The van der Waals surface area contributed by atoms with Gasteiger partial charge in [0, 0.05) is 17.0 Å². The van der Waals surface area contributed by atoms with E-state index in [1.54, 1.807) is 20.8 Å². The van der Waals surface area contributed by atoms with Crippen LogP contribution in [0.1, 0.15) is 26.3 Å². The van der Waals surface area contributed by atoms with Crippen LogP contribution >= 0.6 is 0 Å². The van der Waals surface area contributed by atoms with E-state index in [0.717, 1.165) is 12.1 Å². The molecular weight excluding hydrogens is 296 g/mol. The molecule has 0 unspecified atom stereocenters. The minimum atomic E-state index is -0.700. The maximum Gasteiger partial charge on any atom is 0.225 e. The summed E-state index contributed by atoms with van der Waals surface area (Å²) >= 11 is 0. The second-order valence-electron chi connectivity index (χ2n) is 5.97. The largest absolute Gasteiger partial charge is 0.374 e. The third-order valence-electron chi connectivity index (χ3n) is 2.88. The van der Waals surface area contributed by atoms with Crippen LogP contribution in [0.25, 0.3) is 0 Å². The zero-order valence-corrected chi connectivity index (χ0v) is 12.9. The highest BCUT2D eigenvalue weighted by molar-refractivity contribution is 5.81. The van der Waals surface area contributed by atoms with Crippen molar-refractivity contribution >= 4 is 5.91 Å². The number of amides is 1. The molecule has 5 nitrogen and oxygen atoms in total. The number of hydrogen-bond acceptors (Lipinski definition) is 4. The van der Waals surface area contributed by atoms with Crippen LogP contribution in [0.4, 0.5) is 8.78 Å². The second-order valence-corrected chi connectivity index (χ2v) is 5.97. The van der Waals surface area contributed by atoms with Crippen LogP contribution in [-0.4, -0.2) is 30.4 Å². The molecule has 124 valence electrons. The van der Waals surface area contributed by atoms with Crippen molar-refractivity contribution in [2.24, 2.45) is 5.41 Å². The van der Waals surface area contributed by atoms with Crippen LogP contribution in [0.15, 0.2) is 18.2 Å². The van der Waals surface area contributed by atoms with Crippen molar-refractivity contribution in [1.29, 1.82) is 0 Å². The first kappa shape index (κ1) is 18.5. The van der Waals surface area contributed by atoms with E-state index >= 15 is 0 Å². The average molecular weight is 317 g/mol. The molecule has 0 spiro atoms. The van der Waals surface area contributed by atoms with Gasteiger partial charge in [0.1, 0.15) is 18.2 Å². The molecule has 0 aliphatic rings. The molecule has 1 aromatic carbocycles. The molecule has 0 fully saturated rings. The van der Waals surface area contributed by atoms with Crippen molar-refractivity contribution in [3.63, 3.8) is 0 Å². The molecule has 7 heteroatoms. The Morgan fingerprint density at radius 1 is 1.32 bits per heavy atom. The van der Waals surface area contributed by atoms with E-state index < -0.39 is 23.1 Å². The van der Waals surface area contributed by atoms with Gasteiger partial charge in [-0.2, -0.15) is 0 Å². The molecule has 0 radical (unpaired) electrons. The van der Waals surface area contributed by atoms with Crippen molar-refractivity contribution in [2.45, 2.75) is 33.4 Å². The van der Waals surface area contributed by atoms with E-state index in [-0.39, 0.29) is 31.3 Å². The Morgan fingerprint density at radius 3 is 2.55 bits per heavy atom. The van der Waals surface area contributed by atoms with Gasteiger partial charge in [-0.1, -0.05) is 26.8 Å². The summed E-state index contributed by atoms with van der Waals surface area (Å²) in [7, 11) is 0. The van der Waals surface area contributed by atoms with Crippen molar-refractivity contribution in [3.05, 3.63) is 35.4 Å². The molecule has 1 aromatic rings. The van der Waals surface area contributed by atoms with Crippen molar-refractivity contribution in [2.75, 3.05) is 13.2 Å². The van der Waals surface area contributed by atoms with Gasteiger partial charge in [0.15, 0.2) is 0 Å². The van der Waals surface area contributed by atoms with Crippen molar-refractivity contribution < 1.29 is 28.5 Å². The topological polar surface area (TPSA) is 67.8 Å². The van der Waals surface area contributed by atoms with Gasteiger partial charge in [-0.25, -0.2) is 13.7 Å². The van der Waals surface area contributed by atoms with Gasteiger partial charge in [0.2, 0.25) is 5.91 Å². The first-order valence-electron chi connectivity index (χ1n) is 6.83. The minimum Gasteiger partial charge on any atom is -0.374 e. The Morgan fingerprint density at radius 2 is 2.00 bits per heavy atom. The van der Waals surface area contributed by atoms with E-state index in [9.17, 15) is 13.6 Å². The molecule has 22 heavy (non-hydrogen) atoms. The number of carbonyl (C=O) groups excluding carboxylic acids is 1. The zero-order chi connectivity index (χ0) is 16.8. The molecule has 0 aliphatic heterocycles. The molecule has 0 bridgehead atoms. The maximum absolute atomic E-state index is 13.4. The van der Waals surface area contributed by atoms with E-state index in [4.69, 9.17) is 9.99 Å². The predicted molar refractivity (Wildman–Crippen MR) is 76.0 cm³/mol. The Hall–Kier alpha value is -1.57. The van der Waals surface area contributed by atoms with E-state index in [2.05, 4.69) is 10.2 Å². The number of ether oxygens (including phenoxy) is 1. The van der Waals surface area contributed by atoms with Crippen LogP contribution < -0.4 is 5.32 Å². The first-order valence-corrected chi connectivity index (χ1v) is 6.83. The van der Waals surface area contributed by atoms with E-state index in [1.165, 1.54) is 6.07 Å². The normalized spacial score (nSPS) is 13.0. The fourth-order valence-electron chi connectivity index (χ4n) is 1.57. The number of halogens is 2. The monoisotopic (exact) mass is 317 g/mol. The van der Waals surface area contributed by atoms with Gasteiger partial charge in [-0.3, -0.25) is 10.1 Å². The zero-order valence-electron chi connectivity index (χ0n) is 12.9. The molecule has 0 saturated heterocycles. The third kappa shape index (κ3) is 6.05. The highest BCUT2D eigenvalue weighted by Gasteiger charge is 2.24. The Bertz CT molecular complexity index is 503. The third-order valence-corrected chi connectivity index (χ3v) is 2.88. The fourth-order valence-corrected chi connectivity index (χ4v) is 1.57. The van der Waals surface area contributed by atoms with Gasteiger partial charge in [-0.05, 0) is 6.07 Å². The number of nitrogens with one attached hydrogen (secondary N) is 1. The molecule has 1 atom stereocenters. The maximum atomic E-state index is 13.4. The molecule has 1 rings (SSSR count). The Kier molecular flexibility index (Phi) is 6.86. The van der Waals surface area contributed by atoms with Crippen LogP contribution in [-0.2, 0) is 21.0 Å². The molecule has 1 amide bonds. The number of rotatable bonds is 7. The van der Waals surface area contributed by atoms with Crippen LogP contribution in [0.2, 0.25) is 0 Å². The smallest absolute Gasteiger partial charge is 0.225 e. The molecular formula is C15H21F2NO4. The summed E-state index contributed by atoms with van der Waals surface area (Å²) in [5.41, 5.74) is -0.399. The number of benzene rings is 1. The van der Waals surface area contributed by atoms with Crippen LogP contribution in [0.3, 0.4) is 0 Å². The fraction of sp³-hybridized carbons (Fsp3) is 0.533. The lowest BCUT2D eigenvalue weighted by atomic mass is 9.95. The summed E-state index contributed by atoms with van der Waals surface area (Å²) < 4.78 is 31.5. The average Bonchev–Trinajstić information content (AvgIpc) is 2.40. The van der Waals surface area contributed by atoms with Crippen molar-refractivity contribution in [3.8, 4) is 0 Å². The van der Waals surface area contributed by atoms with Gasteiger partial charge < -0.3 is 10.1 Å². The SMILES string of the molecule is CC(C)(C)C(=O)N[C@@H](COO)COCc1ccc(F)cc1F. The summed E-state index contributed by atoms with van der Waals surface area (Å²) in [6.45, 7) is 5.00. The second kappa shape index (κ2) is 8.17. The summed E-state index contributed by atoms with van der Waals surface area (Å²) in [5, 5.41) is 11.2. The summed E-state index contributed by atoms with van der Waals surface area (Å²) in [6, 6.07) is 2.61. The van der Waals surface area contributed by atoms with Gasteiger partial charge >= 0.3 is 0 Å². The minimum absolute atomic E-state index is 0.0131. The predicted octanol–water partition coefficient (Wildman–Crippen LogP) is 2.50. The summed E-state index contributed by atoms with van der Waals surface area (Å²) in [5.74, 6) is -1.59. The van der Waals surface area contributed by atoms with Crippen LogP contribution in [0, 0.1) is 17.0 Å². The number of hydrogen-bond donors (Lipinski definition) is 2. The molecule has 0 aliphatic carbocycles. The lowest BCUT2D eigenvalue weighted by Crippen LogP contribution is -2.46. The van der Waals surface area contributed by atoms with E-state index in [0.29, 0.717) is 0 Å². The Balaban J connectivity index is 2.52. The molecule has 0 heterocycles. The van der Waals surface area contributed by atoms with Gasteiger partial charge in [0.05, 0.1) is 19.3 Å². The van der Waals surface area contributed by atoms with Gasteiger partial charge in [0.25, 0.3) is 0 Å². The van der Waals surface area contributed by atoms with Crippen LogP contribution in [0.5, 0.6) is 0 Å². The molecule has 2 N–H and O–H groups in total. The highest BCUT2D eigenvalue weighted by Crippen LogP contribution is 2.14. The number of carbonyl (C=O) groups is 1. The molecule has 0 saturated carbocycles. The quantitative estimate of drug-likeness (QED) is 0.599. The first-order chi connectivity index (χ1) is 10.2. The van der Waals surface area contributed by atoms with Crippen molar-refractivity contribution in [1.82, 2.24) is 5.32 Å². The standard InChI is InChI=1S/C15H21F2NO4/c1-15(2,3)14(19)18-12(9-22-20)8-21-7-10-4-5-11(16)6-13(10)17/h4-6,12,20H,7-9H2,1-3H3,(H,18,19)/t12-/m1/s1.